The van der Waals surface area contributed by atoms with Crippen molar-refractivity contribution in [1.29, 1.82) is 0 Å². The number of pyridine rings is 1. The molecule has 0 bridgehead atoms. The first-order valence-corrected chi connectivity index (χ1v) is 8.67. The van der Waals surface area contributed by atoms with Crippen LogP contribution in [0.25, 0.3) is 28.2 Å². The Labute approximate surface area is 153 Å². The van der Waals surface area contributed by atoms with Crippen molar-refractivity contribution in [2.45, 2.75) is 13.3 Å². The monoisotopic (exact) mass is 349 g/mol. The van der Waals surface area contributed by atoms with Crippen LogP contribution in [0.2, 0.25) is 0 Å². The molecule has 0 aliphatic rings. The van der Waals surface area contributed by atoms with E-state index in [1.807, 2.05) is 61.5 Å². The topological polar surface area (TPSA) is 62.6 Å². The average Bonchev–Trinajstić information content (AvgIpc) is 2.68. The highest BCUT2D eigenvalue weighted by atomic mass is 16.5. The smallest absolute Gasteiger partial charge is 0.128 e. The van der Waals surface area contributed by atoms with Crippen molar-refractivity contribution >= 4 is 17.0 Å². The summed E-state index contributed by atoms with van der Waals surface area (Å²) in [6.07, 6.45) is 4.73. The van der Waals surface area contributed by atoms with Crippen molar-refractivity contribution in [3.8, 4) is 22.8 Å². The zero-order valence-corrected chi connectivity index (χ0v) is 15.0. The molecule has 1 atom stereocenters. The highest BCUT2D eigenvalue weighted by Gasteiger charge is 2.11. The lowest BCUT2D eigenvalue weighted by Crippen LogP contribution is -1.97. The van der Waals surface area contributed by atoms with E-state index in [2.05, 4.69) is 4.98 Å². The number of benzene rings is 2. The van der Waals surface area contributed by atoms with Crippen LogP contribution in [0.5, 0.6) is 11.5 Å². The molecule has 0 fully saturated rings. The van der Waals surface area contributed by atoms with Crippen LogP contribution < -0.4 is 4.74 Å². The van der Waals surface area contributed by atoms with E-state index in [-0.39, 0.29) is 18.3 Å². The molecule has 1 aromatic heterocycles. The second kappa shape index (κ2) is 8.02. The summed E-state index contributed by atoms with van der Waals surface area (Å²) in [5.74, 6) is 1.10. The van der Waals surface area contributed by atoms with E-state index in [9.17, 15) is 5.11 Å². The normalized spacial score (nSPS) is 12.6. The molecular weight excluding hydrogens is 326 g/mol. The van der Waals surface area contributed by atoms with E-state index in [4.69, 9.17) is 9.84 Å². The van der Waals surface area contributed by atoms with Crippen LogP contribution >= 0.6 is 0 Å². The molecule has 0 saturated carbocycles. The van der Waals surface area contributed by atoms with Crippen molar-refractivity contribution < 1.29 is 14.9 Å². The summed E-state index contributed by atoms with van der Waals surface area (Å²) in [4.78, 5) is 4.68. The molecule has 0 amide bonds. The molecule has 26 heavy (non-hydrogen) atoms. The molecule has 2 N–H and O–H groups in total. The summed E-state index contributed by atoms with van der Waals surface area (Å²) >= 11 is 0. The fourth-order valence-corrected chi connectivity index (χ4v) is 2.82. The molecule has 0 radical (unpaired) electrons. The van der Waals surface area contributed by atoms with Crippen molar-refractivity contribution in [3.63, 3.8) is 0 Å². The molecule has 1 unspecified atom stereocenters. The van der Waals surface area contributed by atoms with Crippen molar-refractivity contribution in [2.24, 2.45) is 5.92 Å². The molecule has 4 heteroatoms. The number of aromatic hydroxyl groups is 1. The van der Waals surface area contributed by atoms with Crippen LogP contribution in [0.1, 0.15) is 18.9 Å². The van der Waals surface area contributed by atoms with Gasteiger partial charge in [0.1, 0.15) is 11.5 Å². The second-order valence-electron chi connectivity index (χ2n) is 6.43. The van der Waals surface area contributed by atoms with E-state index >= 15 is 0 Å². The first-order valence-electron chi connectivity index (χ1n) is 8.67. The Morgan fingerprint density at radius 2 is 1.92 bits per heavy atom. The number of methoxy groups -OCH3 is 1. The van der Waals surface area contributed by atoms with E-state index in [0.717, 1.165) is 23.2 Å². The van der Waals surface area contributed by atoms with Crippen LogP contribution in [-0.4, -0.2) is 28.9 Å². The quantitative estimate of drug-likeness (QED) is 0.680. The van der Waals surface area contributed by atoms with Crippen molar-refractivity contribution in [1.82, 2.24) is 4.98 Å². The number of fused-ring (bicyclic) bond motifs is 1. The fraction of sp³-hybridized carbons (Fsp3) is 0.227. The molecule has 0 aliphatic heterocycles. The number of ether oxygens (including phenoxy) is 1. The summed E-state index contributed by atoms with van der Waals surface area (Å²) in [7, 11) is 1.62. The molecule has 2 aromatic carbocycles. The van der Waals surface area contributed by atoms with Gasteiger partial charge in [0.05, 0.1) is 18.3 Å². The van der Waals surface area contributed by atoms with Gasteiger partial charge in [-0.3, -0.25) is 0 Å². The van der Waals surface area contributed by atoms with Gasteiger partial charge in [-0.05, 0) is 18.4 Å². The van der Waals surface area contributed by atoms with Gasteiger partial charge in [-0.2, -0.15) is 0 Å². The molecule has 134 valence electrons. The third kappa shape index (κ3) is 3.86. The molecule has 0 spiro atoms. The number of aliphatic hydroxyl groups excluding tert-OH is 1. The summed E-state index contributed by atoms with van der Waals surface area (Å²) in [5.41, 5.74) is 3.22. The summed E-state index contributed by atoms with van der Waals surface area (Å²) in [6.45, 7) is 2.15. The molecule has 0 saturated heterocycles. The second-order valence-corrected chi connectivity index (χ2v) is 6.43. The largest absolute Gasteiger partial charge is 0.507 e. The Kier molecular flexibility index (Phi) is 5.54. The van der Waals surface area contributed by atoms with Gasteiger partial charge in [-0.15, -0.1) is 0 Å². The summed E-state index contributed by atoms with van der Waals surface area (Å²) in [6, 6.07) is 15.2. The lowest BCUT2D eigenvalue weighted by molar-refractivity contribution is 0.239. The predicted octanol–water partition coefficient (Wildman–Crippen LogP) is 4.65. The van der Waals surface area contributed by atoms with Gasteiger partial charge in [0, 0.05) is 35.3 Å². The highest BCUT2D eigenvalue weighted by Crippen LogP contribution is 2.34. The minimum absolute atomic E-state index is 0.159. The Hall–Kier alpha value is -2.85. The van der Waals surface area contributed by atoms with E-state index < -0.39 is 0 Å². The lowest BCUT2D eigenvalue weighted by atomic mass is 10.0. The molecule has 4 nitrogen and oxygen atoms in total. The van der Waals surface area contributed by atoms with Crippen LogP contribution in [0.15, 0.2) is 54.6 Å². The molecule has 0 aliphatic carbocycles. The van der Waals surface area contributed by atoms with E-state index in [1.54, 1.807) is 13.2 Å². The predicted molar refractivity (Wildman–Crippen MR) is 105 cm³/mol. The molecule has 3 aromatic rings. The van der Waals surface area contributed by atoms with Gasteiger partial charge < -0.3 is 14.9 Å². The van der Waals surface area contributed by atoms with E-state index in [1.165, 1.54) is 0 Å². The Balaban J connectivity index is 2.04. The molecule has 3 rings (SSSR count). The molecule has 1 heterocycles. The minimum atomic E-state index is 0.159. The first-order chi connectivity index (χ1) is 12.6. The number of aromatic nitrogens is 1. The fourth-order valence-electron chi connectivity index (χ4n) is 2.82. The van der Waals surface area contributed by atoms with Gasteiger partial charge >= 0.3 is 0 Å². The van der Waals surface area contributed by atoms with Crippen molar-refractivity contribution in [2.75, 3.05) is 13.7 Å². The van der Waals surface area contributed by atoms with Crippen LogP contribution in [0.3, 0.4) is 0 Å². The van der Waals surface area contributed by atoms with E-state index in [0.29, 0.717) is 16.7 Å². The maximum atomic E-state index is 10.5. The summed E-state index contributed by atoms with van der Waals surface area (Å²) in [5, 5.41) is 20.3. The zero-order valence-electron chi connectivity index (χ0n) is 15.0. The maximum Gasteiger partial charge on any atom is 0.128 e. The number of hydrogen-bond donors (Lipinski definition) is 2. The zero-order chi connectivity index (χ0) is 18.5. The number of hydrogen-bond acceptors (Lipinski definition) is 4. The SMILES string of the molecule is COc1cc2nc(-c3ccccc3)cc(O)c2cc1/C=C/CC(C)CO. The third-order valence-electron chi connectivity index (χ3n) is 4.36. The number of aliphatic hydroxyl groups is 1. The Bertz CT molecular complexity index is 920. The summed E-state index contributed by atoms with van der Waals surface area (Å²) < 4.78 is 5.50. The number of nitrogens with zero attached hydrogens (tertiary/aromatic N) is 1. The lowest BCUT2D eigenvalue weighted by Gasteiger charge is -2.10. The molecular formula is C22H23NO3. The first kappa shape index (κ1) is 18.0. The van der Waals surface area contributed by atoms with Gasteiger partial charge in [0.2, 0.25) is 0 Å². The average molecular weight is 349 g/mol. The third-order valence-corrected chi connectivity index (χ3v) is 4.36. The van der Waals surface area contributed by atoms with Gasteiger partial charge in [-0.1, -0.05) is 49.4 Å². The van der Waals surface area contributed by atoms with Crippen LogP contribution in [0, 0.1) is 5.92 Å². The van der Waals surface area contributed by atoms with Crippen LogP contribution in [0.4, 0.5) is 0 Å². The number of rotatable bonds is 6. The Morgan fingerprint density at radius 1 is 1.15 bits per heavy atom. The minimum Gasteiger partial charge on any atom is -0.507 e. The van der Waals surface area contributed by atoms with Gasteiger partial charge in [0.15, 0.2) is 0 Å². The Morgan fingerprint density at radius 3 is 2.62 bits per heavy atom. The van der Waals surface area contributed by atoms with Crippen LogP contribution in [-0.2, 0) is 0 Å². The van der Waals surface area contributed by atoms with Crippen molar-refractivity contribution in [3.05, 3.63) is 60.2 Å². The highest BCUT2D eigenvalue weighted by molar-refractivity contribution is 5.91. The van der Waals surface area contributed by atoms with Gasteiger partial charge in [0.25, 0.3) is 0 Å². The maximum absolute atomic E-state index is 10.5. The number of allylic oxidation sites excluding steroid dienone is 1. The van der Waals surface area contributed by atoms with Gasteiger partial charge in [-0.25, -0.2) is 4.98 Å². The standard InChI is InChI=1S/C22H23NO3/c1-15(14-24)7-6-10-17-11-18-20(13-22(17)26-2)23-19(12-21(18)25)16-8-4-3-5-9-16/h3-6,8-13,15,24H,7,14H2,1-2H3,(H,23,25)/b10-6+.